The van der Waals surface area contributed by atoms with Gasteiger partial charge in [0.05, 0.1) is 27.3 Å². The lowest BCUT2D eigenvalue weighted by Crippen LogP contribution is -2.38. The van der Waals surface area contributed by atoms with Gasteiger partial charge in [-0.05, 0) is 43.9 Å². The molecule has 0 saturated heterocycles. The molecule has 1 aliphatic carbocycles. The van der Waals surface area contributed by atoms with Gasteiger partial charge in [-0.2, -0.15) is 0 Å². The van der Waals surface area contributed by atoms with Gasteiger partial charge in [0.15, 0.2) is 0 Å². The quantitative estimate of drug-likeness (QED) is 0.649. The fourth-order valence-corrected chi connectivity index (χ4v) is 3.25. The highest BCUT2D eigenvalue weighted by atomic mass is 16.6. The summed E-state index contributed by atoms with van der Waals surface area (Å²) in [4.78, 5) is 38.3. The Morgan fingerprint density at radius 1 is 1.20 bits per heavy atom. The van der Waals surface area contributed by atoms with E-state index in [0.29, 0.717) is 31.1 Å². The van der Waals surface area contributed by atoms with E-state index in [-0.39, 0.29) is 34.6 Å². The van der Waals surface area contributed by atoms with Crippen molar-refractivity contribution in [2.45, 2.75) is 31.7 Å². The van der Waals surface area contributed by atoms with Gasteiger partial charge < -0.3 is 10.4 Å². The predicted octanol–water partition coefficient (Wildman–Crippen LogP) is 2.52. The predicted molar refractivity (Wildman–Crippen MR) is 89.2 cm³/mol. The number of nitro benzene ring substituents is 1. The van der Waals surface area contributed by atoms with Crippen LogP contribution in [0.1, 0.15) is 36.0 Å². The minimum atomic E-state index is -0.796. The number of hydrogen-bond acceptors (Lipinski definition) is 5. The van der Waals surface area contributed by atoms with Crippen LogP contribution >= 0.6 is 0 Å². The number of aromatic nitrogens is 1. The second-order valence-corrected chi connectivity index (χ2v) is 6.15. The molecule has 130 valence electrons. The molecule has 0 bridgehead atoms. The Bertz CT molecular complexity index is 843. The number of carboxylic acids is 1. The molecule has 8 nitrogen and oxygen atoms in total. The standard InChI is InChI=1S/C17H17N3O5/c21-16(19-11-5-3-10(4-6-11)17(22)23)13-7-8-14(20(24)25)12-2-1-9-18-15(12)13/h1-2,7-11H,3-6H2,(H,19,21)(H,22,23). The molecule has 1 saturated carbocycles. The van der Waals surface area contributed by atoms with Gasteiger partial charge >= 0.3 is 5.97 Å². The van der Waals surface area contributed by atoms with E-state index in [9.17, 15) is 19.7 Å². The maximum Gasteiger partial charge on any atom is 0.306 e. The Hall–Kier alpha value is -3.03. The van der Waals surface area contributed by atoms with Crippen molar-refractivity contribution in [3.8, 4) is 0 Å². The van der Waals surface area contributed by atoms with Crippen LogP contribution in [0.15, 0.2) is 30.5 Å². The molecule has 1 aromatic carbocycles. The van der Waals surface area contributed by atoms with Crippen molar-refractivity contribution >= 4 is 28.5 Å². The first-order valence-corrected chi connectivity index (χ1v) is 8.03. The van der Waals surface area contributed by atoms with Crippen molar-refractivity contribution in [2.75, 3.05) is 0 Å². The minimum absolute atomic E-state index is 0.0957. The third-order valence-corrected chi connectivity index (χ3v) is 4.60. The smallest absolute Gasteiger partial charge is 0.306 e. The summed E-state index contributed by atoms with van der Waals surface area (Å²) in [6.07, 6.45) is 3.74. The van der Waals surface area contributed by atoms with Gasteiger partial charge in [0.1, 0.15) is 0 Å². The molecular weight excluding hydrogens is 326 g/mol. The van der Waals surface area contributed by atoms with E-state index in [4.69, 9.17) is 5.11 Å². The number of carbonyl (C=O) groups excluding carboxylic acids is 1. The summed E-state index contributed by atoms with van der Waals surface area (Å²) in [5, 5.41) is 23.4. The Balaban J connectivity index is 1.80. The molecule has 0 spiro atoms. The molecule has 8 heteroatoms. The zero-order chi connectivity index (χ0) is 18.0. The summed E-state index contributed by atoms with van der Waals surface area (Å²) in [6, 6.07) is 5.77. The highest BCUT2D eigenvalue weighted by molar-refractivity contribution is 6.07. The number of aliphatic carboxylic acids is 1. The maximum atomic E-state index is 12.6. The van der Waals surface area contributed by atoms with Crippen molar-refractivity contribution in [3.05, 3.63) is 46.1 Å². The van der Waals surface area contributed by atoms with Gasteiger partial charge in [-0.25, -0.2) is 0 Å². The number of nitrogens with zero attached hydrogens (tertiary/aromatic N) is 2. The first-order chi connectivity index (χ1) is 12.0. The number of benzene rings is 1. The van der Waals surface area contributed by atoms with E-state index in [1.54, 1.807) is 12.1 Å². The lowest BCUT2D eigenvalue weighted by molar-refractivity contribution is -0.383. The van der Waals surface area contributed by atoms with Crippen molar-refractivity contribution in [2.24, 2.45) is 5.92 Å². The van der Waals surface area contributed by atoms with Crippen molar-refractivity contribution in [3.63, 3.8) is 0 Å². The monoisotopic (exact) mass is 343 g/mol. The van der Waals surface area contributed by atoms with E-state index >= 15 is 0 Å². The molecule has 1 fully saturated rings. The van der Waals surface area contributed by atoms with Gasteiger partial charge in [0.25, 0.3) is 11.6 Å². The summed E-state index contributed by atoms with van der Waals surface area (Å²) >= 11 is 0. The van der Waals surface area contributed by atoms with Gasteiger partial charge in [0, 0.05) is 18.3 Å². The molecule has 1 aliphatic rings. The van der Waals surface area contributed by atoms with Gasteiger partial charge in [-0.3, -0.25) is 24.7 Å². The van der Waals surface area contributed by atoms with Crippen molar-refractivity contribution < 1.29 is 19.6 Å². The summed E-state index contributed by atoms with van der Waals surface area (Å²) in [6.45, 7) is 0. The fourth-order valence-electron chi connectivity index (χ4n) is 3.25. The fraction of sp³-hybridized carbons (Fsp3) is 0.353. The van der Waals surface area contributed by atoms with Gasteiger partial charge in [0.2, 0.25) is 0 Å². The van der Waals surface area contributed by atoms with E-state index in [1.165, 1.54) is 18.3 Å². The normalized spacial score (nSPS) is 20.2. The highest BCUT2D eigenvalue weighted by Crippen LogP contribution is 2.28. The van der Waals surface area contributed by atoms with Crippen LogP contribution in [0.25, 0.3) is 10.9 Å². The number of pyridine rings is 1. The first-order valence-electron chi connectivity index (χ1n) is 8.03. The van der Waals surface area contributed by atoms with Gasteiger partial charge in [-0.1, -0.05) is 0 Å². The Labute approximate surface area is 143 Å². The molecular formula is C17H17N3O5. The first kappa shape index (κ1) is 16.8. The number of amides is 1. The van der Waals surface area contributed by atoms with Crippen LogP contribution in [0.2, 0.25) is 0 Å². The molecule has 1 aromatic heterocycles. The molecule has 25 heavy (non-hydrogen) atoms. The molecule has 2 N–H and O–H groups in total. The lowest BCUT2D eigenvalue weighted by Gasteiger charge is -2.26. The van der Waals surface area contributed by atoms with E-state index < -0.39 is 10.9 Å². The Morgan fingerprint density at radius 2 is 1.92 bits per heavy atom. The third-order valence-electron chi connectivity index (χ3n) is 4.60. The number of carboxylic acid groups (broad SMARTS) is 1. The van der Waals surface area contributed by atoms with Crippen molar-refractivity contribution in [1.82, 2.24) is 10.3 Å². The molecule has 0 unspecified atom stereocenters. The summed E-state index contributed by atoms with van der Waals surface area (Å²) < 4.78 is 0. The molecule has 3 rings (SSSR count). The molecule has 0 atom stereocenters. The van der Waals surface area contributed by atoms with Gasteiger partial charge in [-0.15, -0.1) is 0 Å². The summed E-state index contributed by atoms with van der Waals surface area (Å²) in [5.41, 5.74) is 0.469. The van der Waals surface area contributed by atoms with E-state index in [1.807, 2.05) is 0 Å². The van der Waals surface area contributed by atoms with Crippen LogP contribution in [-0.4, -0.2) is 32.9 Å². The maximum absolute atomic E-state index is 12.6. The zero-order valence-electron chi connectivity index (χ0n) is 13.3. The summed E-state index contributed by atoms with van der Waals surface area (Å²) in [7, 11) is 0. The highest BCUT2D eigenvalue weighted by Gasteiger charge is 2.27. The third kappa shape index (κ3) is 3.42. The molecule has 2 aromatic rings. The second kappa shape index (κ2) is 6.84. The van der Waals surface area contributed by atoms with Crippen LogP contribution in [0.5, 0.6) is 0 Å². The number of rotatable bonds is 4. The van der Waals surface area contributed by atoms with E-state index in [2.05, 4.69) is 10.3 Å². The van der Waals surface area contributed by atoms with Crippen LogP contribution < -0.4 is 5.32 Å². The second-order valence-electron chi connectivity index (χ2n) is 6.15. The van der Waals surface area contributed by atoms with Crippen LogP contribution in [-0.2, 0) is 4.79 Å². The van der Waals surface area contributed by atoms with Crippen LogP contribution in [0.4, 0.5) is 5.69 Å². The number of nitrogens with one attached hydrogen (secondary N) is 1. The summed E-state index contributed by atoms with van der Waals surface area (Å²) in [5.74, 6) is -1.50. The van der Waals surface area contributed by atoms with E-state index in [0.717, 1.165) is 0 Å². The minimum Gasteiger partial charge on any atom is -0.481 e. The Kier molecular flexibility index (Phi) is 4.60. The SMILES string of the molecule is O=C(NC1CCC(C(=O)O)CC1)c1ccc([N+](=O)[O-])c2cccnc12. The molecule has 1 amide bonds. The molecule has 0 aliphatic heterocycles. The van der Waals surface area contributed by atoms with Crippen molar-refractivity contribution in [1.29, 1.82) is 0 Å². The lowest BCUT2D eigenvalue weighted by atomic mass is 9.86. The number of fused-ring (bicyclic) bond motifs is 1. The topological polar surface area (TPSA) is 122 Å². The number of carbonyl (C=O) groups is 2. The number of hydrogen-bond donors (Lipinski definition) is 2. The zero-order valence-corrected chi connectivity index (χ0v) is 13.3. The average molecular weight is 343 g/mol. The average Bonchev–Trinajstić information content (AvgIpc) is 2.61. The Morgan fingerprint density at radius 3 is 2.56 bits per heavy atom. The van der Waals surface area contributed by atoms with Crippen LogP contribution in [0.3, 0.4) is 0 Å². The largest absolute Gasteiger partial charge is 0.481 e. The number of nitro groups is 1. The molecule has 0 radical (unpaired) electrons. The van der Waals surface area contributed by atoms with Crippen LogP contribution in [0, 0.1) is 16.0 Å². The number of non-ortho nitro benzene ring substituents is 1. The molecule has 1 heterocycles.